The Morgan fingerprint density at radius 3 is 2.63 bits per heavy atom. The van der Waals surface area contributed by atoms with Gasteiger partial charge in [0.15, 0.2) is 0 Å². The summed E-state index contributed by atoms with van der Waals surface area (Å²) in [4.78, 5) is 4.63. The highest BCUT2D eigenvalue weighted by Crippen LogP contribution is 2.24. The molecule has 0 bridgehead atoms. The SMILES string of the molecule is COc1ccc(-c2nc(CN)c3ccccn23)cc1. The maximum atomic E-state index is 5.76. The van der Waals surface area contributed by atoms with Gasteiger partial charge >= 0.3 is 0 Å². The number of ether oxygens (including phenoxy) is 1. The van der Waals surface area contributed by atoms with Crippen LogP contribution in [0.3, 0.4) is 0 Å². The summed E-state index contributed by atoms with van der Waals surface area (Å²) >= 11 is 0. The van der Waals surface area contributed by atoms with E-state index in [-0.39, 0.29) is 0 Å². The first-order chi connectivity index (χ1) is 9.33. The third kappa shape index (κ3) is 1.96. The fraction of sp³-hybridized carbons (Fsp3) is 0.133. The second-order valence-electron chi connectivity index (χ2n) is 4.27. The van der Waals surface area contributed by atoms with Gasteiger partial charge in [0, 0.05) is 18.3 Å². The molecular formula is C15H15N3O. The molecule has 2 heterocycles. The van der Waals surface area contributed by atoms with Crippen LogP contribution in [0.4, 0.5) is 0 Å². The number of imidazole rings is 1. The van der Waals surface area contributed by atoms with Crippen molar-refractivity contribution in [2.45, 2.75) is 6.54 Å². The predicted octanol–water partition coefficient (Wildman–Crippen LogP) is 2.47. The van der Waals surface area contributed by atoms with Crippen molar-refractivity contribution >= 4 is 5.52 Å². The monoisotopic (exact) mass is 253 g/mol. The molecule has 0 aliphatic carbocycles. The Balaban J connectivity index is 2.18. The largest absolute Gasteiger partial charge is 0.497 e. The number of nitrogens with zero attached hydrogens (tertiary/aromatic N) is 2. The Bertz CT molecular complexity index is 701. The summed E-state index contributed by atoms with van der Waals surface area (Å²) in [5.74, 6) is 1.74. The smallest absolute Gasteiger partial charge is 0.144 e. The number of fused-ring (bicyclic) bond motifs is 1. The van der Waals surface area contributed by atoms with E-state index in [4.69, 9.17) is 10.5 Å². The van der Waals surface area contributed by atoms with Gasteiger partial charge in [-0.25, -0.2) is 4.98 Å². The van der Waals surface area contributed by atoms with Gasteiger partial charge in [-0.1, -0.05) is 6.07 Å². The second-order valence-corrected chi connectivity index (χ2v) is 4.27. The number of pyridine rings is 1. The van der Waals surface area contributed by atoms with Gasteiger partial charge in [0.25, 0.3) is 0 Å². The Hall–Kier alpha value is -2.33. The van der Waals surface area contributed by atoms with Crippen LogP contribution < -0.4 is 10.5 Å². The number of aromatic nitrogens is 2. The highest BCUT2D eigenvalue weighted by molar-refractivity contribution is 5.65. The molecule has 19 heavy (non-hydrogen) atoms. The van der Waals surface area contributed by atoms with Crippen molar-refractivity contribution in [3.8, 4) is 17.1 Å². The topological polar surface area (TPSA) is 52.5 Å². The molecule has 2 aromatic heterocycles. The highest BCUT2D eigenvalue weighted by Gasteiger charge is 2.10. The first-order valence-electron chi connectivity index (χ1n) is 6.14. The summed E-state index contributed by atoms with van der Waals surface area (Å²) < 4.78 is 7.23. The molecule has 3 rings (SSSR count). The molecule has 0 fully saturated rings. The third-order valence-corrected chi connectivity index (χ3v) is 3.17. The fourth-order valence-corrected chi connectivity index (χ4v) is 2.20. The van der Waals surface area contributed by atoms with Crippen LogP contribution in [0, 0.1) is 0 Å². The van der Waals surface area contributed by atoms with Gasteiger partial charge in [-0.15, -0.1) is 0 Å². The number of nitrogens with two attached hydrogens (primary N) is 1. The Labute approximate surface area is 111 Å². The zero-order valence-corrected chi connectivity index (χ0v) is 10.7. The molecule has 0 saturated carbocycles. The summed E-state index contributed by atoms with van der Waals surface area (Å²) in [7, 11) is 1.66. The van der Waals surface area contributed by atoms with E-state index in [1.165, 1.54) is 0 Å². The van der Waals surface area contributed by atoms with Crippen LogP contribution in [0.1, 0.15) is 5.69 Å². The zero-order chi connectivity index (χ0) is 13.2. The minimum Gasteiger partial charge on any atom is -0.497 e. The van der Waals surface area contributed by atoms with Gasteiger partial charge in [0.1, 0.15) is 11.6 Å². The molecule has 0 amide bonds. The average molecular weight is 253 g/mol. The molecule has 0 spiro atoms. The van der Waals surface area contributed by atoms with Crippen LogP contribution >= 0.6 is 0 Å². The van der Waals surface area contributed by atoms with Crippen LogP contribution in [-0.2, 0) is 6.54 Å². The van der Waals surface area contributed by atoms with E-state index < -0.39 is 0 Å². The minimum atomic E-state index is 0.434. The van der Waals surface area contributed by atoms with Gasteiger partial charge in [-0.05, 0) is 36.4 Å². The summed E-state index contributed by atoms with van der Waals surface area (Å²) in [6.07, 6.45) is 2.00. The molecule has 0 radical (unpaired) electrons. The lowest BCUT2D eigenvalue weighted by Gasteiger charge is -2.03. The maximum Gasteiger partial charge on any atom is 0.144 e. The van der Waals surface area contributed by atoms with E-state index in [9.17, 15) is 0 Å². The van der Waals surface area contributed by atoms with Gasteiger partial charge < -0.3 is 10.5 Å². The minimum absolute atomic E-state index is 0.434. The van der Waals surface area contributed by atoms with E-state index in [1.807, 2.05) is 48.7 Å². The molecule has 0 aliphatic rings. The van der Waals surface area contributed by atoms with Crippen LogP contribution in [0.15, 0.2) is 48.7 Å². The van der Waals surface area contributed by atoms with Gasteiger partial charge in [-0.2, -0.15) is 0 Å². The molecule has 2 N–H and O–H groups in total. The molecule has 96 valence electrons. The average Bonchev–Trinajstić information content (AvgIpc) is 2.86. The molecule has 0 saturated heterocycles. The van der Waals surface area contributed by atoms with Crippen molar-refractivity contribution in [1.29, 1.82) is 0 Å². The summed E-state index contributed by atoms with van der Waals surface area (Å²) in [5, 5.41) is 0. The quantitative estimate of drug-likeness (QED) is 0.780. The first-order valence-corrected chi connectivity index (χ1v) is 6.14. The van der Waals surface area contributed by atoms with Crippen molar-refractivity contribution in [2.24, 2.45) is 5.73 Å². The lowest BCUT2D eigenvalue weighted by Crippen LogP contribution is -1.96. The van der Waals surface area contributed by atoms with E-state index >= 15 is 0 Å². The predicted molar refractivity (Wildman–Crippen MR) is 75.1 cm³/mol. The third-order valence-electron chi connectivity index (χ3n) is 3.17. The molecule has 1 aromatic carbocycles. The zero-order valence-electron chi connectivity index (χ0n) is 10.7. The summed E-state index contributed by atoms with van der Waals surface area (Å²) in [5.41, 5.74) is 8.76. The Morgan fingerprint density at radius 2 is 1.95 bits per heavy atom. The van der Waals surface area contributed by atoms with Crippen LogP contribution in [-0.4, -0.2) is 16.5 Å². The van der Waals surface area contributed by atoms with E-state index in [0.29, 0.717) is 6.54 Å². The highest BCUT2D eigenvalue weighted by atomic mass is 16.5. The van der Waals surface area contributed by atoms with Crippen molar-refractivity contribution < 1.29 is 4.74 Å². The number of benzene rings is 1. The van der Waals surface area contributed by atoms with Gasteiger partial charge in [0.05, 0.1) is 18.3 Å². The van der Waals surface area contributed by atoms with Crippen molar-refractivity contribution in [1.82, 2.24) is 9.38 Å². The number of methoxy groups -OCH3 is 1. The van der Waals surface area contributed by atoms with Gasteiger partial charge in [0.2, 0.25) is 0 Å². The first kappa shape index (κ1) is 11.7. The molecule has 0 unspecified atom stereocenters. The lowest BCUT2D eigenvalue weighted by molar-refractivity contribution is 0.415. The molecule has 4 nitrogen and oxygen atoms in total. The fourth-order valence-electron chi connectivity index (χ4n) is 2.20. The Kier molecular flexibility index (Phi) is 2.93. The van der Waals surface area contributed by atoms with Crippen LogP contribution in [0.2, 0.25) is 0 Å². The van der Waals surface area contributed by atoms with Crippen molar-refractivity contribution in [3.63, 3.8) is 0 Å². The molecule has 0 aliphatic heterocycles. The Morgan fingerprint density at radius 1 is 1.16 bits per heavy atom. The molecule has 4 heteroatoms. The summed E-state index contributed by atoms with van der Waals surface area (Å²) in [6.45, 7) is 0.434. The van der Waals surface area contributed by atoms with E-state index in [0.717, 1.165) is 28.3 Å². The van der Waals surface area contributed by atoms with Crippen molar-refractivity contribution in [2.75, 3.05) is 7.11 Å². The van der Waals surface area contributed by atoms with Crippen LogP contribution in [0.5, 0.6) is 5.75 Å². The molecule has 0 atom stereocenters. The van der Waals surface area contributed by atoms with E-state index in [1.54, 1.807) is 7.11 Å². The standard InChI is InChI=1S/C15H15N3O/c1-19-12-7-5-11(6-8-12)15-17-13(10-16)14-4-2-3-9-18(14)15/h2-9H,10,16H2,1H3. The van der Waals surface area contributed by atoms with Crippen molar-refractivity contribution in [3.05, 3.63) is 54.4 Å². The normalized spacial score (nSPS) is 10.8. The number of hydrogen-bond acceptors (Lipinski definition) is 3. The molecular weight excluding hydrogens is 238 g/mol. The maximum absolute atomic E-state index is 5.76. The lowest BCUT2D eigenvalue weighted by atomic mass is 10.2. The van der Waals surface area contributed by atoms with E-state index in [2.05, 4.69) is 9.38 Å². The van der Waals surface area contributed by atoms with Gasteiger partial charge in [-0.3, -0.25) is 4.40 Å². The second kappa shape index (κ2) is 4.74. The van der Waals surface area contributed by atoms with Crippen LogP contribution in [0.25, 0.3) is 16.9 Å². The summed E-state index contributed by atoms with van der Waals surface area (Å²) in [6, 6.07) is 13.9. The number of rotatable bonds is 3. The molecule has 3 aromatic rings. The number of hydrogen-bond donors (Lipinski definition) is 1.